The van der Waals surface area contributed by atoms with E-state index in [-0.39, 0.29) is 22.5 Å². The fraction of sp³-hybridized carbons (Fsp3) is 0.227. The molecule has 0 saturated heterocycles. The normalized spacial score (nSPS) is 17.1. The molecule has 0 aromatic carbocycles. The molecule has 0 spiro atoms. The smallest absolute Gasteiger partial charge is 0.279 e. The van der Waals surface area contributed by atoms with Crippen LogP contribution in [0.4, 0.5) is 21.7 Å². The van der Waals surface area contributed by atoms with Gasteiger partial charge in [0.05, 0.1) is 12.2 Å². The van der Waals surface area contributed by atoms with Gasteiger partial charge in [-0.25, -0.2) is 14.4 Å². The molecule has 33 heavy (non-hydrogen) atoms. The van der Waals surface area contributed by atoms with E-state index >= 15 is 0 Å². The molecule has 0 radical (unpaired) electrons. The van der Waals surface area contributed by atoms with Crippen LogP contribution in [0.25, 0.3) is 11.5 Å². The van der Waals surface area contributed by atoms with E-state index in [4.69, 9.17) is 0 Å². The first kappa shape index (κ1) is 20.6. The maximum atomic E-state index is 13.2. The molecule has 3 N–H and O–H groups in total. The number of amides is 1. The van der Waals surface area contributed by atoms with E-state index in [1.165, 1.54) is 15.3 Å². The summed E-state index contributed by atoms with van der Waals surface area (Å²) in [6, 6.07) is 9.99. The predicted octanol–water partition coefficient (Wildman–Crippen LogP) is 2.21. The van der Waals surface area contributed by atoms with Gasteiger partial charge in [-0.1, -0.05) is 6.07 Å². The number of nitrogens with one attached hydrogen (secondary N) is 3. The first-order valence-electron chi connectivity index (χ1n) is 10.4. The largest absolute Gasteiger partial charge is 0.373 e. The lowest BCUT2D eigenvalue weighted by atomic mass is 10.3. The van der Waals surface area contributed by atoms with Gasteiger partial charge in [-0.3, -0.25) is 14.2 Å². The predicted molar refractivity (Wildman–Crippen MR) is 121 cm³/mol. The minimum absolute atomic E-state index is 0.212. The van der Waals surface area contributed by atoms with E-state index in [1.807, 2.05) is 19.1 Å². The number of hydrogen-bond acceptors (Lipinski definition) is 7. The van der Waals surface area contributed by atoms with E-state index < -0.39 is 18.1 Å². The van der Waals surface area contributed by atoms with Crippen LogP contribution < -0.4 is 21.5 Å². The van der Waals surface area contributed by atoms with E-state index in [2.05, 4.69) is 31.0 Å². The second-order valence-corrected chi connectivity index (χ2v) is 7.76. The quantitative estimate of drug-likeness (QED) is 0.414. The molecular formula is C22H21FN8O2. The molecule has 4 heterocycles. The van der Waals surface area contributed by atoms with Crippen LogP contribution in [0.5, 0.6) is 0 Å². The minimum Gasteiger partial charge on any atom is -0.373 e. The van der Waals surface area contributed by atoms with Crippen molar-refractivity contribution in [2.45, 2.75) is 25.6 Å². The SMILES string of the molecule is CNc1cc(Nc2cccn(-c3cccc(C)n3)c2=O)nc2c(C(=O)N[C@H]3C[C@H]3F)cnn12. The molecule has 1 aliphatic carbocycles. The van der Waals surface area contributed by atoms with E-state index in [9.17, 15) is 14.0 Å². The molecule has 4 aromatic rings. The highest BCUT2D eigenvalue weighted by Gasteiger charge is 2.39. The summed E-state index contributed by atoms with van der Waals surface area (Å²) in [5.74, 6) is 0.939. The van der Waals surface area contributed by atoms with Crippen molar-refractivity contribution in [3.05, 3.63) is 70.4 Å². The van der Waals surface area contributed by atoms with Gasteiger partial charge in [-0.2, -0.15) is 9.61 Å². The topological polar surface area (TPSA) is 118 Å². The Morgan fingerprint density at radius 3 is 2.76 bits per heavy atom. The Labute approximate surface area is 187 Å². The molecular weight excluding hydrogens is 427 g/mol. The summed E-state index contributed by atoms with van der Waals surface area (Å²) < 4.78 is 16.1. The van der Waals surface area contributed by atoms with Crippen LogP contribution in [0, 0.1) is 6.92 Å². The summed E-state index contributed by atoms with van der Waals surface area (Å²) in [7, 11) is 1.71. The van der Waals surface area contributed by atoms with Gasteiger partial charge >= 0.3 is 0 Å². The van der Waals surface area contributed by atoms with Crippen molar-refractivity contribution in [1.29, 1.82) is 0 Å². The van der Waals surface area contributed by atoms with Gasteiger partial charge in [0, 0.05) is 31.4 Å². The van der Waals surface area contributed by atoms with Crippen molar-refractivity contribution in [3.63, 3.8) is 0 Å². The lowest BCUT2D eigenvalue weighted by molar-refractivity contribution is 0.0949. The van der Waals surface area contributed by atoms with Gasteiger partial charge in [0.25, 0.3) is 11.5 Å². The first-order valence-corrected chi connectivity index (χ1v) is 10.4. The van der Waals surface area contributed by atoms with Gasteiger partial charge < -0.3 is 16.0 Å². The van der Waals surface area contributed by atoms with Crippen LogP contribution >= 0.6 is 0 Å². The van der Waals surface area contributed by atoms with Crippen LogP contribution in [-0.4, -0.2) is 49.3 Å². The first-order chi connectivity index (χ1) is 15.9. The van der Waals surface area contributed by atoms with Crippen molar-refractivity contribution >= 4 is 28.9 Å². The van der Waals surface area contributed by atoms with Gasteiger partial charge in [-0.05, 0) is 31.2 Å². The zero-order chi connectivity index (χ0) is 23.1. The number of aromatic nitrogens is 5. The third kappa shape index (κ3) is 3.88. The Morgan fingerprint density at radius 2 is 2.03 bits per heavy atom. The average Bonchev–Trinajstić information content (AvgIpc) is 3.31. The maximum absolute atomic E-state index is 13.2. The lowest BCUT2D eigenvalue weighted by Crippen LogP contribution is -2.27. The highest BCUT2D eigenvalue weighted by Crippen LogP contribution is 2.26. The number of carbonyl (C=O) groups is 1. The lowest BCUT2D eigenvalue weighted by Gasteiger charge is -2.12. The molecule has 5 rings (SSSR count). The Hall–Kier alpha value is -4.28. The van der Waals surface area contributed by atoms with Crippen molar-refractivity contribution < 1.29 is 9.18 Å². The third-order valence-electron chi connectivity index (χ3n) is 5.33. The van der Waals surface area contributed by atoms with Crippen LogP contribution in [-0.2, 0) is 0 Å². The molecule has 10 nitrogen and oxygen atoms in total. The second-order valence-electron chi connectivity index (χ2n) is 7.76. The maximum Gasteiger partial charge on any atom is 0.279 e. The summed E-state index contributed by atoms with van der Waals surface area (Å²) in [5, 5.41) is 12.9. The Bertz CT molecular complexity index is 1430. The molecule has 0 bridgehead atoms. The fourth-order valence-electron chi connectivity index (χ4n) is 3.50. The van der Waals surface area contributed by atoms with Gasteiger partial charge in [0.2, 0.25) is 0 Å². The zero-order valence-corrected chi connectivity index (χ0v) is 17.9. The van der Waals surface area contributed by atoms with Gasteiger partial charge in [-0.15, -0.1) is 0 Å². The van der Waals surface area contributed by atoms with Crippen molar-refractivity contribution in [2.75, 3.05) is 17.7 Å². The number of halogens is 1. The zero-order valence-electron chi connectivity index (χ0n) is 17.9. The van der Waals surface area contributed by atoms with Crippen molar-refractivity contribution in [2.24, 2.45) is 0 Å². The number of rotatable bonds is 6. The standard InChI is InChI=1S/C22H21FN8O2/c1-12-5-3-7-18(26-12)30-8-4-6-15(22(30)33)27-17-10-19(24-2)31-20(29-17)13(11-25-31)21(32)28-16-9-14(16)23/h3-8,10-11,14,16,24H,9H2,1-2H3,(H,27,29)(H,28,32)/t14-,16+/m1/s1. The molecule has 1 aliphatic rings. The van der Waals surface area contributed by atoms with Crippen molar-refractivity contribution in [1.82, 2.24) is 29.5 Å². The minimum atomic E-state index is -1.02. The fourth-order valence-corrected chi connectivity index (χ4v) is 3.50. The number of fused-ring (bicyclic) bond motifs is 1. The highest BCUT2D eigenvalue weighted by atomic mass is 19.1. The van der Waals surface area contributed by atoms with E-state index in [0.717, 1.165) is 5.69 Å². The molecule has 11 heteroatoms. The van der Waals surface area contributed by atoms with Crippen molar-refractivity contribution in [3.8, 4) is 5.82 Å². The Morgan fingerprint density at radius 1 is 1.21 bits per heavy atom. The molecule has 2 atom stereocenters. The molecule has 1 fully saturated rings. The van der Waals surface area contributed by atoms with Crippen LogP contribution in [0.2, 0.25) is 0 Å². The molecule has 168 valence electrons. The number of carbonyl (C=O) groups excluding carboxylic acids is 1. The monoisotopic (exact) mass is 448 g/mol. The number of anilines is 3. The molecule has 1 saturated carbocycles. The van der Waals surface area contributed by atoms with Gasteiger partial charge in [0.15, 0.2) is 5.65 Å². The molecule has 1 amide bonds. The summed E-state index contributed by atoms with van der Waals surface area (Å²) >= 11 is 0. The summed E-state index contributed by atoms with van der Waals surface area (Å²) in [6.45, 7) is 1.85. The van der Waals surface area contributed by atoms with Crippen LogP contribution in [0.1, 0.15) is 22.5 Å². The van der Waals surface area contributed by atoms with Gasteiger partial charge in [0.1, 0.15) is 34.9 Å². The Balaban J connectivity index is 1.52. The molecule has 4 aromatic heterocycles. The average molecular weight is 448 g/mol. The third-order valence-corrected chi connectivity index (χ3v) is 5.33. The summed E-state index contributed by atoms with van der Waals surface area (Å²) in [5.41, 5.74) is 1.25. The number of nitrogens with zero attached hydrogens (tertiary/aromatic N) is 5. The number of pyridine rings is 2. The molecule has 0 aliphatic heterocycles. The number of aryl methyl sites for hydroxylation is 1. The molecule has 0 unspecified atom stereocenters. The van der Waals surface area contributed by atoms with E-state index in [1.54, 1.807) is 37.5 Å². The summed E-state index contributed by atoms with van der Waals surface area (Å²) in [4.78, 5) is 34.6. The summed E-state index contributed by atoms with van der Waals surface area (Å²) in [6.07, 6.45) is 2.32. The highest BCUT2D eigenvalue weighted by molar-refractivity contribution is 6.00. The Kier molecular flexibility index (Phi) is 5.00. The van der Waals surface area contributed by atoms with Crippen LogP contribution in [0.3, 0.4) is 0 Å². The second kappa shape index (κ2) is 8.01. The van der Waals surface area contributed by atoms with Crippen LogP contribution in [0.15, 0.2) is 53.6 Å². The number of alkyl halides is 1. The number of hydrogen-bond donors (Lipinski definition) is 3. The van der Waals surface area contributed by atoms with E-state index in [0.29, 0.717) is 23.9 Å².